The Kier molecular flexibility index (Phi) is 1.87. The number of nitrogens with zero attached hydrogens (tertiary/aromatic N) is 1. The molecule has 1 aromatic rings. The maximum Gasteiger partial charge on any atom is 0.0701 e. The van der Waals surface area contributed by atoms with Gasteiger partial charge in [-0.3, -0.25) is 4.98 Å². The molecule has 0 saturated carbocycles. The van der Waals surface area contributed by atoms with Crippen molar-refractivity contribution in [3.8, 4) is 0 Å². The minimum absolute atomic E-state index is 1.03. The summed E-state index contributed by atoms with van der Waals surface area (Å²) in [7, 11) is 0. The number of rotatable bonds is 0. The number of pyridine rings is 1. The van der Waals surface area contributed by atoms with E-state index in [1.165, 1.54) is 0 Å². The van der Waals surface area contributed by atoms with Crippen molar-refractivity contribution in [2.75, 3.05) is 0 Å². The summed E-state index contributed by atoms with van der Waals surface area (Å²) in [5.41, 5.74) is 2.19. The van der Waals surface area contributed by atoms with E-state index >= 15 is 0 Å². The van der Waals surface area contributed by atoms with Gasteiger partial charge in [0.2, 0.25) is 0 Å². The monoisotopic (exact) mass is 155 g/mol. The predicted octanol–water partition coefficient (Wildman–Crippen LogP) is 2.68. The van der Waals surface area contributed by atoms with E-state index in [1.807, 2.05) is 42.6 Å². The van der Waals surface area contributed by atoms with Gasteiger partial charge < -0.3 is 0 Å². The zero-order valence-corrected chi connectivity index (χ0v) is 6.64. The van der Waals surface area contributed by atoms with Gasteiger partial charge in [-0.25, -0.2) is 0 Å². The standard InChI is InChI=1S/C11H9N/c1-2-4-8-11-10(6-3-1)7-5-9-12-11/h1-9H/b2-1?,3-1?,4-2?,6-3?,8-4-,10-6?,11-8?. The highest BCUT2D eigenvalue weighted by atomic mass is 14.7. The van der Waals surface area contributed by atoms with Crippen LogP contribution in [0.15, 0.2) is 42.6 Å². The van der Waals surface area contributed by atoms with Crippen molar-refractivity contribution in [2.24, 2.45) is 0 Å². The largest absolute Gasteiger partial charge is 0.256 e. The van der Waals surface area contributed by atoms with Crippen molar-refractivity contribution >= 4 is 12.2 Å². The Morgan fingerprint density at radius 1 is 0.917 bits per heavy atom. The second-order valence-corrected chi connectivity index (χ2v) is 2.58. The molecule has 0 radical (unpaired) electrons. The fourth-order valence-electron chi connectivity index (χ4n) is 1.14. The van der Waals surface area contributed by atoms with E-state index in [1.54, 1.807) is 0 Å². The Labute approximate surface area is 71.8 Å². The molecule has 0 amide bonds. The zero-order valence-electron chi connectivity index (χ0n) is 6.64. The van der Waals surface area contributed by atoms with Gasteiger partial charge in [0.05, 0.1) is 5.69 Å². The van der Waals surface area contributed by atoms with Gasteiger partial charge in [0.25, 0.3) is 0 Å². The smallest absolute Gasteiger partial charge is 0.0701 e. The van der Waals surface area contributed by atoms with E-state index in [2.05, 4.69) is 17.1 Å². The van der Waals surface area contributed by atoms with E-state index in [9.17, 15) is 0 Å². The molecule has 0 atom stereocenters. The Morgan fingerprint density at radius 2 is 1.75 bits per heavy atom. The first-order valence-electron chi connectivity index (χ1n) is 3.93. The quantitative estimate of drug-likeness (QED) is 0.561. The van der Waals surface area contributed by atoms with Crippen LogP contribution >= 0.6 is 0 Å². The zero-order chi connectivity index (χ0) is 8.23. The van der Waals surface area contributed by atoms with E-state index in [-0.39, 0.29) is 0 Å². The number of hydrogen-bond acceptors (Lipinski definition) is 1. The molecule has 0 N–H and O–H groups in total. The number of allylic oxidation sites excluding steroid dienone is 4. The summed E-state index contributed by atoms with van der Waals surface area (Å²) in [6.07, 6.45) is 13.9. The molecule has 1 nitrogen and oxygen atoms in total. The van der Waals surface area contributed by atoms with Gasteiger partial charge in [-0.1, -0.05) is 36.4 Å². The van der Waals surface area contributed by atoms with Crippen LogP contribution in [0.2, 0.25) is 0 Å². The molecule has 0 bridgehead atoms. The van der Waals surface area contributed by atoms with Crippen LogP contribution < -0.4 is 0 Å². The summed E-state index contributed by atoms with van der Waals surface area (Å²) < 4.78 is 0. The van der Waals surface area contributed by atoms with Crippen molar-refractivity contribution in [3.05, 3.63) is 53.9 Å². The first-order valence-corrected chi connectivity index (χ1v) is 3.93. The van der Waals surface area contributed by atoms with Gasteiger partial charge in [-0.2, -0.15) is 0 Å². The molecule has 2 rings (SSSR count). The van der Waals surface area contributed by atoms with E-state index in [0.717, 1.165) is 11.3 Å². The first kappa shape index (κ1) is 7.04. The first-order chi connectivity index (χ1) is 5.97. The van der Waals surface area contributed by atoms with Crippen LogP contribution in [-0.4, -0.2) is 4.98 Å². The molecule has 0 unspecified atom stereocenters. The number of fused-ring (bicyclic) bond motifs is 1. The minimum Gasteiger partial charge on any atom is -0.256 e. The van der Waals surface area contributed by atoms with Crippen LogP contribution in [0, 0.1) is 0 Å². The van der Waals surface area contributed by atoms with Crippen molar-refractivity contribution in [3.63, 3.8) is 0 Å². The summed E-state index contributed by atoms with van der Waals surface area (Å²) in [6.45, 7) is 0. The fourth-order valence-corrected chi connectivity index (χ4v) is 1.14. The van der Waals surface area contributed by atoms with Crippen LogP contribution in [-0.2, 0) is 0 Å². The highest BCUT2D eigenvalue weighted by Gasteiger charge is 1.94. The van der Waals surface area contributed by atoms with E-state index in [0.29, 0.717) is 0 Å². The average Bonchev–Trinajstić information content (AvgIpc) is 2.06. The Morgan fingerprint density at radius 3 is 2.67 bits per heavy atom. The number of aromatic nitrogens is 1. The molecular formula is C11H9N. The van der Waals surface area contributed by atoms with Crippen LogP contribution in [0.3, 0.4) is 0 Å². The van der Waals surface area contributed by atoms with Gasteiger partial charge >= 0.3 is 0 Å². The van der Waals surface area contributed by atoms with Gasteiger partial charge in [0, 0.05) is 11.8 Å². The van der Waals surface area contributed by atoms with Gasteiger partial charge in [-0.05, 0) is 12.1 Å². The lowest BCUT2D eigenvalue weighted by Gasteiger charge is -1.98. The van der Waals surface area contributed by atoms with E-state index in [4.69, 9.17) is 0 Å². The molecule has 1 aliphatic rings. The molecule has 1 heterocycles. The minimum atomic E-state index is 1.03. The molecular weight excluding hydrogens is 146 g/mol. The molecule has 0 saturated heterocycles. The highest BCUT2D eigenvalue weighted by Crippen LogP contribution is 2.11. The molecule has 58 valence electrons. The highest BCUT2D eigenvalue weighted by molar-refractivity contribution is 5.64. The third kappa shape index (κ3) is 1.35. The fraction of sp³-hybridized carbons (Fsp3) is 0. The third-order valence-corrected chi connectivity index (χ3v) is 1.73. The van der Waals surface area contributed by atoms with Crippen LogP contribution in [0.5, 0.6) is 0 Å². The normalized spacial score (nSPS) is 16.3. The van der Waals surface area contributed by atoms with Gasteiger partial charge in [0.15, 0.2) is 0 Å². The lowest BCUT2D eigenvalue weighted by atomic mass is 10.1. The molecule has 12 heavy (non-hydrogen) atoms. The average molecular weight is 155 g/mol. The Bertz CT molecular complexity index is 324. The maximum absolute atomic E-state index is 4.25. The summed E-state index contributed by atoms with van der Waals surface area (Å²) in [5, 5.41) is 0. The molecule has 0 fully saturated rings. The molecule has 0 spiro atoms. The number of hydrogen-bond donors (Lipinski definition) is 0. The van der Waals surface area contributed by atoms with Crippen LogP contribution in [0.1, 0.15) is 11.3 Å². The predicted molar refractivity (Wildman–Crippen MR) is 51.4 cm³/mol. The lowest BCUT2D eigenvalue weighted by molar-refractivity contribution is 1.28. The summed E-state index contributed by atoms with van der Waals surface area (Å²) in [5.74, 6) is 0. The molecule has 0 aromatic carbocycles. The van der Waals surface area contributed by atoms with Gasteiger partial charge in [-0.15, -0.1) is 0 Å². The summed E-state index contributed by atoms with van der Waals surface area (Å²) in [6, 6.07) is 4.00. The molecule has 1 aromatic heterocycles. The summed E-state index contributed by atoms with van der Waals surface area (Å²) >= 11 is 0. The SMILES string of the molecule is C1=C/C=C\c2ncccc2C=C1. The third-order valence-electron chi connectivity index (χ3n) is 1.73. The second-order valence-electron chi connectivity index (χ2n) is 2.58. The Hall–Kier alpha value is -1.63. The van der Waals surface area contributed by atoms with Crippen molar-refractivity contribution in [2.45, 2.75) is 0 Å². The van der Waals surface area contributed by atoms with Crippen LogP contribution in [0.25, 0.3) is 12.2 Å². The van der Waals surface area contributed by atoms with Gasteiger partial charge in [0.1, 0.15) is 0 Å². The Balaban J connectivity index is 2.54. The molecule has 0 aliphatic heterocycles. The second kappa shape index (κ2) is 3.18. The molecule has 1 aliphatic carbocycles. The maximum atomic E-state index is 4.25. The van der Waals surface area contributed by atoms with Crippen molar-refractivity contribution < 1.29 is 0 Å². The molecule has 1 heteroatoms. The van der Waals surface area contributed by atoms with E-state index < -0.39 is 0 Å². The van der Waals surface area contributed by atoms with Crippen LogP contribution in [0.4, 0.5) is 0 Å². The summed E-state index contributed by atoms with van der Waals surface area (Å²) in [4.78, 5) is 4.25. The van der Waals surface area contributed by atoms with Crippen molar-refractivity contribution in [1.82, 2.24) is 4.98 Å². The topological polar surface area (TPSA) is 12.9 Å². The van der Waals surface area contributed by atoms with Crippen molar-refractivity contribution in [1.29, 1.82) is 0 Å². The lowest BCUT2D eigenvalue weighted by Crippen LogP contribution is -1.84.